The van der Waals surface area contributed by atoms with Gasteiger partial charge in [0.2, 0.25) is 0 Å². The topological polar surface area (TPSA) is 64.4 Å². The Balaban J connectivity index is 1.99. The van der Waals surface area contributed by atoms with E-state index in [0.29, 0.717) is 12.1 Å². The normalized spacial score (nSPS) is 24.3. The molecule has 0 bridgehead atoms. The molecule has 0 aromatic heterocycles. The highest BCUT2D eigenvalue weighted by Crippen LogP contribution is 2.22. The summed E-state index contributed by atoms with van der Waals surface area (Å²) >= 11 is 0. The Hall–Kier alpha value is -1.46. The van der Waals surface area contributed by atoms with Crippen LogP contribution in [0.15, 0.2) is 24.3 Å². The van der Waals surface area contributed by atoms with Crippen molar-refractivity contribution in [3.63, 3.8) is 0 Å². The molecule has 1 fully saturated rings. The summed E-state index contributed by atoms with van der Waals surface area (Å²) in [6.45, 7) is 4.98. The highest BCUT2D eigenvalue weighted by molar-refractivity contribution is 5.35. The van der Waals surface area contributed by atoms with Crippen LogP contribution in [0, 0.1) is 10.1 Å². The second kappa shape index (κ2) is 6.81. The zero-order valence-corrected chi connectivity index (χ0v) is 12.0. The number of rotatable bonds is 5. The molecule has 0 radical (unpaired) electrons. The van der Waals surface area contributed by atoms with Crippen LogP contribution in [0.5, 0.6) is 0 Å². The molecule has 2 rings (SSSR count). The third-order valence-corrected chi connectivity index (χ3v) is 3.89. The van der Waals surface area contributed by atoms with Crippen LogP contribution in [-0.4, -0.2) is 23.7 Å². The third kappa shape index (κ3) is 3.77. The van der Waals surface area contributed by atoms with Crippen LogP contribution in [0.1, 0.15) is 44.7 Å². The lowest BCUT2D eigenvalue weighted by atomic mass is 9.99. The summed E-state index contributed by atoms with van der Waals surface area (Å²) in [5, 5.41) is 14.4. The van der Waals surface area contributed by atoms with Crippen LogP contribution < -0.4 is 5.32 Å². The first-order valence-electron chi connectivity index (χ1n) is 7.22. The summed E-state index contributed by atoms with van der Waals surface area (Å²) < 4.78 is 5.67. The molecule has 1 saturated heterocycles. The van der Waals surface area contributed by atoms with Crippen LogP contribution in [0.4, 0.5) is 5.69 Å². The van der Waals surface area contributed by atoms with E-state index in [1.807, 2.05) is 6.07 Å². The van der Waals surface area contributed by atoms with Crippen LogP contribution in [0.25, 0.3) is 0 Å². The number of ether oxygens (including phenoxy) is 1. The van der Waals surface area contributed by atoms with Gasteiger partial charge in [-0.15, -0.1) is 0 Å². The molecule has 0 amide bonds. The lowest BCUT2D eigenvalue weighted by Crippen LogP contribution is -2.39. The summed E-state index contributed by atoms with van der Waals surface area (Å²) in [7, 11) is 0. The van der Waals surface area contributed by atoms with Gasteiger partial charge >= 0.3 is 0 Å². The van der Waals surface area contributed by atoms with E-state index in [1.165, 1.54) is 6.07 Å². The molecule has 1 aliphatic heterocycles. The van der Waals surface area contributed by atoms with Crippen molar-refractivity contribution in [2.75, 3.05) is 6.61 Å². The predicted octanol–water partition coefficient (Wildman–Crippen LogP) is 3.20. The summed E-state index contributed by atoms with van der Waals surface area (Å²) in [5.41, 5.74) is 1.10. The molecule has 1 aromatic carbocycles. The molecule has 20 heavy (non-hydrogen) atoms. The van der Waals surface area contributed by atoms with E-state index >= 15 is 0 Å². The summed E-state index contributed by atoms with van der Waals surface area (Å²) in [4.78, 5) is 10.5. The maximum Gasteiger partial charge on any atom is 0.269 e. The van der Waals surface area contributed by atoms with Crippen molar-refractivity contribution in [2.45, 2.75) is 51.3 Å². The Labute approximate surface area is 119 Å². The van der Waals surface area contributed by atoms with Crippen LogP contribution in [0.3, 0.4) is 0 Å². The maximum absolute atomic E-state index is 10.8. The Kier molecular flexibility index (Phi) is 5.09. The Bertz CT molecular complexity index is 464. The quantitative estimate of drug-likeness (QED) is 0.663. The van der Waals surface area contributed by atoms with Crippen LogP contribution >= 0.6 is 0 Å². The minimum atomic E-state index is -0.349. The first-order valence-corrected chi connectivity index (χ1v) is 7.22. The second-order valence-corrected chi connectivity index (χ2v) is 5.36. The highest BCUT2D eigenvalue weighted by Gasteiger charge is 2.23. The van der Waals surface area contributed by atoms with Gasteiger partial charge in [0.1, 0.15) is 0 Å². The summed E-state index contributed by atoms with van der Waals surface area (Å²) in [5.74, 6) is 0. The minimum absolute atomic E-state index is 0.107. The monoisotopic (exact) mass is 278 g/mol. The summed E-state index contributed by atoms with van der Waals surface area (Å²) in [6.07, 6.45) is 3.37. The zero-order chi connectivity index (χ0) is 14.5. The SMILES string of the molecule is CCC1CC(NC(C)c2cccc([N+](=O)[O-])c2)CCO1. The van der Waals surface area contributed by atoms with E-state index in [2.05, 4.69) is 19.2 Å². The van der Waals surface area contributed by atoms with E-state index in [9.17, 15) is 10.1 Å². The molecule has 1 heterocycles. The fraction of sp³-hybridized carbons (Fsp3) is 0.600. The molecule has 5 nitrogen and oxygen atoms in total. The second-order valence-electron chi connectivity index (χ2n) is 5.36. The van der Waals surface area contributed by atoms with Crippen molar-refractivity contribution in [1.82, 2.24) is 5.32 Å². The smallest absolute Gasteiger partial charge is 0.269 e. The van der Waals surface area contributed by atoms with Gasteiger partial charge in [-0.2, -0.15) is 0 Å². The number of nitro benzene ring substituents is 1. The predicted molar refractivity (Wildman–Crippen MR) is 77.7 cm³/mol. The van der Waals surface area contributed by atoms with Crippen LogP contribution in [-0.2, 0) is 4.74 Å². The molecule has 0 aliphatic carbocycles. The lowest BCUT2D eigenvalue weighted by molar-refractivity contribution is -0.384. The number of hydrogen-bond acceptors (Lipinski definition) is 4. The van der Waals surface area contributed by atoms with Gasteiger partial charge in [0.05, 0.1) is 11.0 Å². The van der Waals surface area contributed by atoms with Crippen LogP contribution in [0.2, 0.25) is 0 Å². The molecule has 110 valence electrons. The Morgan fingerprint density at radius 3 is 3.05 bits per heavy atom. The van der Waals surface area contributed by atoms with E-state index in [-0.39, 0.29) is 16.7 Å². The van der Waals surface area contributed by atoms with Crippen molar-refractivity contribution in [2.24, 2.45) is 0 Å². The number of benzene rings is 1. The molecule has 0 saturated carbocycles. The standard InChI is InChI=1S/C15H22N2O3/c1-3-15-10-13(7-8-20-15)16-11(2)12-5-4-6-14(9-12)17(18)19/h4-6,9,11,13,15-16H,3,7-8,10H2,1-2H3. The average Bonchev–Trinajstić information content (AvgIpc) is 2.47. The third-order valence-electron chi connectivity index (χ3n) is 3.89. The molecule has 3 atom stereocenters. The fourth-order valence-corrected chi connectivity index (χ4v) is 2.67. The average molecular weight is 278 g/mol. The van der Waals surface area contributed by atoms with Crippen molar-refractivity contribution in [3.8, 4) is 0 Å². The Morgan fingerprint density at radius 2 is 2.35 bits per heavy atom. The summed E-state index contributed by atoms with van der Waals surface area (Å²) in [6, 6.07) is 7.37. The largest absolute Gasteiger partial charge is 0.378 e. The van der Waals surface area contributed by atoms with E-state index in [1.54, 1.807) is 12.1 Å². The molecule has 5 heteroatoms. The van der Waals surface area contributed by atoms with Gasteiger partial charge in [-0.05, 0) is 31.7 Å². The van der Waals surface area contributed by atoms with Gasteiger partial charge < -0.3 is 10.1 Å². The van der Waals surface area contributed by atoms with Gasteiger partial charge in [-0.1, -0.05) is 19.1 Å². The highest BCUT2D eigenvalue weighted by atomic mass is 16.6. The molecule has 0 spiro atoms. The van der Waals surface area contributed by atoms with E-state index in [4.69, 9.17) is 4.74 Å². The maximum atomic E-state index is 10.8. The minimum Gasteiger partial charge on any atom is -0.378 e. The molecule has 3 unspecified atom stereocenters. The number of non-ortho nitro benzene ring substituents is 1. The molecule has 1 N–H and O–H groups in total. The Morgan fingerprint density at radius 1 is 1.55 bits per heavy atom. The molecular weight excluding hydrogens is 256 g/mol. The van der Waals surface area contributed by atoms with Gasteiger partial charge in [-0.3, -0.25) is 10.1 Å². The molecule has 1 aromatic rings. The van der Waals surface area contributed by atoms with Crippen molar-refractivity contribution < 1.29 is 9.66 Å². The molecular formula is C15H22N2O3. The number of nitrogens with zero attached hydrogens (tertiary/aromatic N) is 1. The van der Waals surface area contributed by atoms with Gasteiger partial charge in [0.25, 0.3) is 5.69 Å². The number of nitrogens with one attached hydrogen (secondary N) is 1. The lowest BCUT2D eigenvalue weighted by Gasteiger charge is -2.31. The van der Waals surface area contributed by atoms with Gasteiger partial charge in [0.15, 0.2) is 0 Å². The number of nitro groups is 1. The van der Waals surface area contributed by atoms with E-state index < -0.39 is 0 Å². The first kappa shape index (κ1) is 14.9. The fourth-order valence-electron chi connectivity index (χ4n) is 2.67. The van der Waals surface area contributed by atoms with Gasteiger partial charge in [-0.25, -0.2) is 0 Å². The van der Waals surface area contributed by atoms with Crippen molar-refractivity contribution >= 4 is 5.69 Å². The van der Waals surface area contributed by atoms with Crippen molar-refractivity contribution in [3.05, 3.63) is 39.9 Å². The number of hydrogen-bond donors (Lipinski definition) is 1. The zero-order valence-electron chi connectivity index (χ0n) is 12.0. The van der Waals surface area contributed by atoms with E-state index in [0.717, 1.165) is 31.4 Å². The van der Waals surface area contributed by atoms with Gasteiger partial charge in [0, 0.05) is 30.8 Å². The molecule has 1 aliphatic rings. The van der Waals surface area contributed by atoms with Crippen molar-refractivity contribution in [1.29, 1.82) is 0 Å². The first-order chi connectivity index (χ1) is 9.60.